The Morgan fingerprint density at radius 1 is 1.29 bits per heavy atom. The number of aryl methyl sites for hydroxylation is 1. The molecule has 0 saturated heterocycles. The number of hydrogen-bond acceptors (Lipinski definition) is 4. The summed E-state index contributed by atoms with van der Waals surface area (Å²) in [6, 6.07) is 2.69. The molecule has 0 aliphatic rings. The molecule has 0 saturated carbocycles. The Hall–Kier alpha value is -1.47. The van der Waals surface area contributed by atoms with Crippen molar-refractivity contribution >= 4 is 11.8 Å². The lowest BCUT2D eigenvalue weighted by Crippen LogP contribution is -2.19. The standard InChI is InChI=1S/C14H18F2N4S/c1-8(2)6-17-7-10-4-11(15)13(12(16)5-10)21-14-18-9(3)19-20-14/h4-5,8,17H,6-7H2,1-3H3,(H,18,19,20). The van der Waals surface area contributed by atoms with Crippen LogP contribution in [0.15, 0.2) is 22.2 Å². The number of nitrogens with zero attached hydrogens (tertiary/aromatic N) is 2. The van der Waals surface area contributed by atoms with Gasteiger partial charge in [-0.15, -0.1) is 5.10 Å². The summed E-state index contributed by atoms with van der Waals surface area (Å²) in [6.07, 6.45) is 0. The van der Waals surface area contributed by atoms with Crippen LogP contribution in [0.5, 0.6) is 0 Å². The van der Waals surface area contributed by atoms with Gasteiger partial charge in [-0.1, -0.05) is 13.8 Å². The van der Waals surface area contributed by atoms with Gasteiger partial charge in [0.1, 0.15) is 17.5 Å². The summed E-state index contributed by atoms with van der Waals surface area (Å²) < 4.78 is 28.1. The van der Waals surface area contributed by atoms with Gasteiger partial charge in [0.15, 0.2) is 0 Å². The second kappa shape index (κ2) is 7.00. The van der Waals surface area contributed by atoms with E-state index in [2.05, 4.69) is 34.3 Å². The highest BCUT2D eigenvalue weighted by Crippen LogP contribution is 2.30. The van der Waals surface area contributed by atoms with Crippen molar-refractivity contribution in [2.24, 2.45) is 5.92 Å². The fraction of sp³-hybridized carbons (Fsp3) is 0.429. The van der Waals surface area contributed by atoms with Gasteiger partial charge >= 0.3 is 0 Å². The third-order valence-corrected chi connectivity index (χ3v) is 3.67. The molecule has 0 radical (unpaired) electrons. The number of benzene rings is 1. The molecule has 0 atom stereocenters. The molecule has 0 amide bonds. The summed E-state index contributed by atoms with van der Waals surface area (Å²) in [5.74, 6) is -0.0936. The van der Waals surface area contributed by atoms with Crippen LogP contribution in [0.1, 0.15) is 25.2 Å². The quantitative estimate of drug-likeness (QED) is 0.859. The lowest BCUT2D eigenvalue weighted by molar-refractivity contribution is 0.525. The first-order valence-corrected chi connectivity index (χ1v) is 7.53. The molecule has 4 nitrogen and oxygen atoms in total. The lowest BCUT2D eigenvalue weighted by Gasteiger charge is -2.09. The lowest BCUT2D eigenvalue weighted by atomic mass is 10.2. The fourth-order valence-corrected chi connectivity index (χ4v) is 2.55. The summed E-state index contributed by atoms with van der Waals surface area (Å²) in [6.45, 7) is 7.12. The number of rotatable bonds is 6. The van der Waals surface area contributed by atoms with Gasteiger partial charge in [-0.05, 0) is 48.8 Å². The zero-order valence-electron chi connectivity index (χ0n) is 12.2. The van der Waals surface area contributed by atoms with Crippen molar-refractivity contribution in [2.75, 3.05) is 6.54 Å². The first kappa shape index (κ1) is 15.9. The molecule has 0 unspecified atom stereocenters. The molecule has 2 rings (SSSR count). The van der Waals surface area contributed by atoms with Gasteiger partial charge in [-0.2, -0.15) is 0 Å². The molecule has 0 bridgehead atoms. The number of nitrogens with one attached hydrogen (secondary N) is 2. The second-order valence-corrected chi connectivity index (χ2v) is 6.20. The van der Waals surface area contributed by atoms with Crippen molar-refractivity contribution in [3.63, 3.8) is 0 Å². The van der Waals surface area contributed by atoms with E-state index in [9.17, 15) is 8.78 Å². The average Bonchev–Trinajstić information content (AvgIpc) is 2.79. The van der Waals surface area contributed by atoms with Gasteiger partial charge in [-0.25, -0.2) is 13.8 Å². The summed E-state index contributed by atoms with van der Waals surface area (Å²) >= 11 is 0.875. The molecule has 0 aliphatic carbocycles. The Kier molecular flexibility index (Phi) is 5.30. The fourth-order valence-electron chi connectivity index (χ4n) is 1.78. The molecule has 1 heterocycles. The van der Waals surface area contributed by atoms with E-state index in [4.69, 9.17) is 0 Å². The number of aromatic nitrogens is 3. The zero-order valence-corrected chi connectivity index (χ0v) is 13.0. The van der Waals surface area contributed by atoms with Gasteiger partial charge in [0, 0.05) is 6.54 Å². The summed E-state index contributed by atoms with van der Waals surface area (Å²) in [4.78, 5) is 3.95. The molecular formula is C14H18F2N4S. The van der Waals surface area contributed by atoms with E-state index >= 15 is 0 Å². The van der Waals surface area contributed by atoms with Gasteiger partial charge in [0.25, 0.3) is 0 Å². The van der Waals surface area contributed by atoms with Crippen LogP contribution >= 0.6 is 11.8 Å². The zero-order chi connectivity index (χ0) is 15.4. The van der Waals surface area contributed by atoms with Crippen LogP contribution in [0.4, 0.5) is 8.78 Å². The Morgan fingerprint density at radius 3 is 2.48 bits per heavy atom. The Balaban J connectivity index is 2.09. The molecule has 0 fully saturated rings. The van der Waals surface area contributed by atoms with Crippen molar-refractivity contribution in [2.45, 2.75) is 37.4 Å². The highest BCUT2D eigenvalue weighted by atomic mass is 32.2. The van der Waals surface area contributed by atoms with E-state index < -0.39 is 11.6 Å². The van der Waals surface area contributed by atoms with Crippen LogP contribution in [-0.4, -0.2) is 21.7 Å². The molecule has 2 N–H and O–H groups in total. The predicted octanol–water partition coefficient (Wildman–Crippen LogP) is 3.29. The van der Waals surface area contributed by atoms with Crippen LogP contribution in [-0.2, 0) is 6.54 Å². The topological polar surface area (TPSA) is 53.6 Å². The molecule has 114 valence electrons. The maximum absolute atomic E-state index is 14.0. The van der Waals surface area contributed by atoms with E-state index in [1.807, 2.05) is 0 Å². The third-order valence-electron chi connectivity index (χ3n) is 2.71. The Morgan fingerprint density at radius 2 is 1.95 bits per heavy atom. The highest BCUT2D eigenvalue weighted by molar-refractivity contribution is 7.99. The Labute approximate surface area is 126 Å². The minimum atomic E-state index is -0.594. The molecule has 7 heteroatoms. The maximum atomic E-state index is 14.0. The predicted molar refractivity (Wildman–Crippen MR) is 78.1 cm³/mol. The maximum Gasteiger partial charge on any atom is 0.213 e. The van der Waals surface area contributed by atoms with Crippen molar-refractivity contribution in [1.82, 2.24) is 20.5 Å². The summed E-state index contributed by atoms with van der Waals surface area (Å²) in [5.41, 5.74) is 0.584. The number of halogens is 2. The first-order valence-electron chi connectivity index (χ1n) is 6.71. The van der Waals surface area contributed by atoms with Crippen LogP contribution < -0.4 is 5.32 Å². The Bertz CT molecular complexity index is 590. The van der Waals surface area contributed by atoms with Crippen LogP contribution in [0.25, 0.3) is 0 Å². The smallest absolute Gasteiger partial charge is 0.213 e. The third kappa shape index (κ3) is 4.50. The van der Waals surface area contributed by atoms with Gasteiger partial charge in [0.2, 0.25) is 5.16 Å². The minimum absolute atomic E-state index is 0.0818. The van der Waals surface area contributed by atoms with Gasteiger partial charge < -0.3 is 5.32 Å². The molecule has 21 heavy (non-hydrogen) atoms. The molecule has 1 aromatic carbocycles. The van der Waals surface area contributed by atoms with Crippen LogP contribution in [0.3, 0.4) is 0 Å². The van der Waals surface area contributed by atoms with E-state index in [-0.39, 0.29) is 4.90 Å². The molecular weight excluding hydrogens is 294 g/mol. The normalized spacial score (nSPS) is 11.3. The van der Waals surface area contributed by atoms with Crippen molar-refractivity contribution < 1.29 is 8.78 Å². The monoisotopic (exact) mass is 312 g/mol. The van der Waals surface area contributed by atoms with E-state index in [0.29, 0.717) is 29.0 Å². The highest BCUT2D eigenvalue weighted by Gasteiger charge is 2.15. The second-order valence-electron chi connectivity index (χ2n) is 5.22. The van der Waals surface area contributed by atoms with Gasteiger partial charge in [0.05, 0.1) is 4.90 Å². The van der Waals surface area contributed by atoms with Crippen molar-refractivity contribution in [1.29, 1.82) is 0 Å². The van der Waals surface area contributed by atoms with Crippen LogP contribution in [0.2, 0.25) is 0 Å². The van der Waals surface area contributed by atoms with Crippen LogP contribution in [0, 0.1) is 24.5 Å². The van der Waals surface area contributed by atoms with Gasteiger partial charge in [-0.3, -0.25) is 5.10 Å². The number of H-pyrrole nitrogens is 1. The number of aromatic amines is 1. The van der Waals surface area contributed by atoms with Crippen molar-refractivity contribution in [3.8, 4) is 0 Å². The molecule has 1 aromatic heterocycles. The van der Waals surface area contributed by atoms with Crippen molar-refractivity contribution in [3.05, 3.63) is 35.2 Å². The summed E-state index contributed by atoms with van der Waals surface area (Å²) in [5, 5.41) is 9.97. The number of hydrogen-bond donors (Lipinski definition) is 2. The van der Waals surface area contributed by atoms with E-state index in [0.717, 1.165) is 18.3 Å². The molecule has 2 aromatic rings. The van der Waals surface area contributed by atoms with E-state index in [1.54, 1.807) is 6.92 Å². The largest absolute Gasteiger partial charge is 0.312 e. The molecule has 0 aliphatic heterocycles. The molecule has 0 spiro atoms. The summed E-state index contributed by atoms with van der Waals surface area (Å²) in [7, 11) is 0. The first-order chi connectivity index (χ1) is 9.95. The van der Waals surface area contributed by atoms with E-state index in [1.165, 1.54) is 12.1 Å². The minimum Gasteiger partial charge on any atom is -0.312 e. The SMILES string of the molecule is Cc1nc(Sc2c(F)cc(CNCC(C)C)cc2F)n[nH]1. The average molecular weight is 312 g/mol.